The summed E-state index contributed by atoms with van der Waals surface area (Å²) < 4.78 is 43.9. The molecule has 3 unspecified atom stereocenters. The van der Waals surface area contributed by atoms with E-state index in [9.17, 15) is 22.7 Å². The second-order valence-electron chi connectivity index (χ2n) is 10.6. The SMILES string of the molecule is CC(C)=C1CN1S(=O)(=O)NCC(O)N(C1C=CC=C(F)C1)C(C(=O)NC1CCCCC1)c1ccccc1C. The number of nitrogens with one attached hydrogen (secondary N) is 2. The van der Waals surface area contributed by atoms with Gasteiger partial charge in [-0.25, -0.2) is 4.39 Å². The zero-order valence-electron chi connectivity index (χ0n) is 22.4. The van der Waals surface area contributed by atoms with Crippen LogP contribution in [0.1, 0.15) is 69.5 Å². The number of nitrogens with zero attached hydrogens (tertiary/aromatic N) is 2. The number of allylic oxidation sites excluding steroid dienone is 3. The molecule has 2 aliphatic carbocycles. The number of aryl methyl sites for hydroxylation is 1. The highest BCUT2D eigenvalue weighted by Crippen LogP contribution is 2.33. The van der Waals surface area contributed by atoms with Gasteiger partial charge in [0.1, 0.15) is 18.1 Å². The third kappa shape index (κ3) is 6.72. The average Bonchev–Trinajstić information content (AvgIpc) is 3.70. The lowest BCUT2D eigenvalue weighted by Gasteiger charge is -2.41. The molecule has 3 atom stereocenters. The fourth-order valence-corrected chi connectivity index (χ4v) is 6.65. The van der Waals surface area contributed by atoms with Gasteiger partial charge in [-0.1, -0.05) is 61.3 Å². The van der Waals surface area contributed by atoms with E-state index in [0.717, 1.165) is 48.9 Å². The molecule has 3 aliphatic rings. The quantitative estimate of drug-likeness (QED) is 0.307. The van der Waals surface area contributed by atoms with E-state index < -0.39 is 28.5 Å². The lowest BCUT2D eigenvalue weighted by Crippen LogP contribution is -2.55. The maximum atomic E-state index is 14.5. The van der Waals surface area contributed by atoms with Crippen molar-refractivity contribution in [1.82, 2.24) is 19.2 Å². The molecule has 1 amide bonds. The molecule has 208 valence electrons. The number of hydrogen-bond donors (Lipinski definition) is 3. The Bertz CT molecular complexity index is 1220. The van der Waals surface area contributed by atoms with Crippen LogP contribution in [0.2, 0.25) is 0 Å². The van der Waals surface area contributed by atoms with Crippen molar-refractivity contribution in [2.75, 3.05) is 13.1 Å². The van der Waals surface area contributed by atoms with E-state index in [1.165, 1.54) is 15.3 Å². The second kappa shape index (κ2) is 12.1. The summed E-state index contributed by atoms with van der Waals surface area (Å²) >= 11 is 0. The number of amides is 1. The van der Waals surface area contributed by atoms with Gasteiger partial charge in [0.2, 0.25) is 5.91 Å². The summed E-state index contributed by atoms with van der Waals surface area (Å²) in [6.45, 7) is 5.54. The first-order valence-electron chi connectivity index (χ1n) is 13.4. The van der Waals surface area contributed by atoms with Crippen LogP contribution in [-0.2, 0) is 15.0 Å². The Morgan fingerprint density at radius 2 is 1.92 bits per heavy atom. The first-order chi connectivity index (χ1) is 18.1. The minimum Gasteiger partial charge on any atom is -0.377 e. The summed E-state index contributed by atoms with van der Waals surface area (Å²) in [6, 6.07) is 5.85. The summed E-state index contributed by atoms with van der Waals surface area (Å²) in [7, 11) is -3.86. The number of halogens is 1. The Balaban J connectivity index is 1.65. The smallest absolute Gasteiger partial charge is 0.301 e. The zero-order valence-corrected chi connectivity index (χ0v) is 23.2. The molecule has 1 aliphatic heterocycles. The highest BCUT2D eigenvalue weighted by atomic mass is 32.2. The van der Waals surface area contributed by atoms with E-state index in [0.29, 0.717) is 12.1 Å². The van der Waals surface area contributed by atoms with Crippen molar-refractivity contribution in [3.05, 3.63) is 70.7 Å². The van der Waals surface area contributed by atoms with Gasteiger partial charge in [-0.2, -0.15) is 13.1 Å². The molecule has 1 aromatic carbocycles. The molecule has 1 heterocycles. The van der Waals surface area contributed by atoms with Crippen molar-refractivity contribution < 1.29 is 22.7 Å². The van der Waals surface area contributed by atoms with Crippen LogP contribution in [0.4, 0.5) is 4.39 Å². The molecule has 0 bridgehead atoms. The van der Waals surface area contributed by atoms with Crippen LogP contribution in [0.3, 0.4) is 0 Å². The van der Waals surface area contributed by atoms with Crippen molar-refractivity contribution in [2.24, 2.45) is 0 Å². The fourth-order valence-electron chi connectivity index (χ4n) is 5.37. The van der Waals surface area contributed by atoms with E-state index in [-0.39, 0.29) is 30.7 Å². The Morgan fingerprint density at radius 1 is 1.21 bits per heavy atom. The molecular weight excluding hydrogens is 507 g/mol. The van der Waals surface area contributed by atoms with E-state index in [4.69, 9.17) is 0 Å². The topological polar surface area (TPSA) is 102 Å². The van der Waals surface area contributed by atoms with Crippen molar-refractivity contribution in [3.8, 4) is 0 Å². The maximum Gasteiger partial charge on any atom is 0.301 e. The van der Waals surface area contributed by atoms with Crippen LogP contribution in [0.25, 0.3) is 0 Å². The Morgan fingerprint density at radius 3 is 2.55 bits per heavy atom. The third-order valence-electron chi connectivity index (χ3n) is 7.53. The van der Waals surface area contributed by atoms with Gasteiger partial charge in [-0.3, -0.25) is 14.0 Å². The monoisotopic (exact) mass is 546 g/mol. The molecule has 0 aromatic heterocycles. The van der Waals surface area contributed by atoms with Gasteiger partial charge in [0.15, 0.2) is 0 Å². The van der Waals surface area contributed by atoms with Crippen LogP contribution >= 0.6 is 0 Å². The molecule has 10 heteroatoms. The molecule has 4 rings (SSSR count). The zero-order chi connectivity index (χ0) is 27.4. The van der Waals surface area contributed by atoms with Gasteiger partial charge in [0.05, 0.1) is 13.1 Å². The first-order valence-corrected chi connectivity index (χ1v) is 14.8. The van der Waals surface area contributed by atoms with Crippen LogP contribution in [0.5, 0.6) is 0 Å². The van der Waals surface area contributed by atoms with Crippen LogP contribution in [0.15, 0.2) is 59.6 Å². The van der Waals surface area contributed by atoms with Crippen molar-refractivity contribution >= 4 is 16.1 Å². The van der Waals surface area contributed by atoms with Crippen molar-refractivity contribution in [1.29, 1.82) is 0 Å². The highest BCUT2D eigenvalue weighted by Gasteiger charge is 2.41. The van der Waals surface area contributed by atoms with Crippen LogP contribution < -0.4 is 10.0 Å². The number of carbonyl (C=O) groups is 1. The minimum atomic E-state index is -3.86. The van der Waals surface area contributed by atoms with Gasteiger partial charge < -0.3 is 10.4 Å². The normalized spacial score (nSPS) is 21.7. The number of hydrogen-bond acceptors (Lipinski definition) is 5. The predicted molar refractivity (Wildman–Crippen MR) is 146 cm³/mol. The van der Waals surface area contributed by atoms with Crippen LogP contribution in [0, 0.1) is 6.92 Å². The van der Waals surface area contributed by atoms with E-state index in [1.807, 2.05) is 45.0 Å². The molecular formula is C28H39FN4O4S. The van der Waals surface area contributed by atoms with E-state index in [2.05, 4.69) is 10.0 Å². The number of rotatable bonds is 10. The van der Waals surface area contributed by atoms with Gasteiger partial charge in [-0.15, -0.1) is 0 Å². The Kier molecular flexibility index (Phi) is 9.07. The number of carbonyl (C=O) groups excluding carboxylic acids is 1. The lowest BCUT2D eigenvalue weighted by molar-refractivity contribution is -0.135. The molecule has 38 heavy (non-hydrogen) atoms. The molecule has 1 saturated carbocycles. The highest BCUT2D eigenvalue weighted by molar-refractivity contribution is 7.87. The molecule has 0 radical (unpaired) electrons. The summed E-state index contributed by atoms with van der Waals surface area (Å²) in [4.78, 5) is 15.5. The number of aliphatic hydroxyl groups excluding tert-OH is 1. The molecule has 0 spiro atoms. The van der Waals surface area contributed by atoms with Crippen molar-refractivity contribution in [3.63, 3.8) is 0 Å². The number of aliphatic hydroxyl groups is 1. The average molecular weight is 547 g/mol. The summed E-state index contributed by atoms with van der Waals surface area (Å²) in [6.07, 6.45) is 8.23. The largest absolute Gasteiger partial charge is 0.377 e. The first kappa shape index (κ1) is 28.5. The lowest BCUT2D eigenvalue weighted by atomic mass is 9.92. The summed E-state index contributed by atoms with van der Waals surface area (Å²) in [5, 5.41) is 14.7. The van der Waals surface area contributed by atoms with Gasteiger partial charge in [0.25, 0.3) is 0 Å². The minimum absolute atomic E-state index is 0.0314. The third-order valence-corrected chi connectivity index (χ3v) is 8.99. The van der Waals surface area contributed by atoms with Gasteiger partial charge in [0, 0.05) is 24.2 Å². The molecule has 2 fully saturated rings. The van der Waals surface area contributed by atoms with Gasteiger partial charge in [-0.05, 0) is 50.8 Å². The predicted octanol–water partition coefficient (Wildman–Crippen LogP) is 3.73. The summed E-state index contributed by atoms with van der Waals surface area (Å²) in [5.41, 5.74) is 3.16. The van der Waals surface area contributed by atoms with Gasteiger partial charge >= 0.3 is 10.2 Å². The molecule has 3 N–H and O–H groups in total. The number of benzene rings is 1. The molecule has 8 nitrogen and oxygen atoms in total. The molecule has 1 saturated heterocycles. The Hall–Kier alpha value is -2.53. The molecule has 1 aromatic rings. The van der Waals surface area contributed by atoms with E-state index >= 15 is 0 Å². The summed E-state index contributed by atoms with van der Waals surface area (Å²) in [5.74, 6) is -0.655. The fraction of sp³-hybridized carbons (Fsp3) is 0.536. The second-order valence-corrected chi connectivity index (χ2v) is 12.3. The van der Waals surface area contributed by atoms with Crippen LogP contribution in [-0.4, -0.2) is 60.0 Å². The van der Waals surface area contributed by atoms with E-state index in [1.54, 1.807) is 12.2 Å². The standard InChI is InChI=1S/C28H39FN4O4S/c1-19(2)25-18-32(25)38(36,37)30-17-26(34)33(23-14-9-11-21(29)16-23)27(24-15-8-7-10-20(24)3)28(35)31-22-12-5-4-6-13-22/h7-11,14-15,22-23,26-27,30,34H,4-6,12-13,16-18H2,1-3H3,(H,31,35). The maximum absolute atomic E-state index is 14.5. The Labute approximate surface area is 225 Å². The van der Waals surface area contributed by atoms with Crippen molar-refractivity contribution in [2.45, 2.75) is 83.6 Å².